The Balaban J connectivity index is 1.96. The van der Waals surface area contributed by atoms with E-state index in [4.69, 9.17) is 9.47 Å². The lowest BCUT2D eigenvalue weighted by Crippen LogP contribution is -2.30. The van der Waals surface area contributed by atoms with Crippen LogP contribution >= 0.6 is 0 Å². The van der Waals surface area contributed by atoms with Crippen LogP contribution in [-0.4, -0.2) is 30.7 Å². The largest absolute Gasteiger partial charge is 0.392 e. The normalized spacial score (nSPS) is 60.3. The molecule has 0 aromatic carbocycles. The van der Waals surface area contributed by atoms with Gasteiger partial charge in [-0.25, -0.2) is 0 Å². The van der Waals surface area contributed by atoms with E-state index in [2.05, 4.69) is 0 Å². The number of aliphatic hydroxyl groups excluding tert-OH is 1. The van der Waals surface area contributed by atoms with Gasteiger partial charge in [0.15, 0.2) is 6.29 Å². The molecule has 3 nitrogen and oxygen atoms in total. The molecule has 3 heteroatoms. The van der Waals surface area contributed by atoms with Gasteiger partial charge in [0, 0.05) is 17.8 Å². The summed E-state index contributed by atoms with van der Waals surface area (Å²) in [6.45, 7) is 1.39. The Bertz CT molecular complexity index is 180. The Morgan fingerprint density at radius 2 is 1.91 bits per heavy atom. The molecule has 3 rings (SSSR count). The number of hydrogen-bond donors (Lipinski definition) is 1. The molecule has 1 saturated carbocycles. The van der Waals surface area contributed by atoms with E-state index in [1.165, 1.54) is 0 Å². The van der Waals surface area contributed by atoms with Crippen molar-refractivity contribution in [2.45, 2.75) is 18.8 Å². The smallest absolute Gasteiger partial charge is 0.160 e. The van der Waals surface area contributed by atoms with Gasteiger partial charge in [-0.15, -0.1) is 0 Å². The van der Waals surface area contributed by atoms with Crippen molar-refractivity contribution < 1.29 is 14.6 Å². The summed E-state index contributed by atoms with van der Waals surface area (Å²) < 4.78 is 10.8. The van der Waals surface area contributed by atoms with Crippen molar-refractivity contribution in [1.82, 2.24) is 0 Å². The van der Waals surface area contributed by atoms with Crippen LogP contribution in [0.15, 0.2) is 0 Å². The van der Waals surface area contributed by atoms with Crippen LogP contribution < -0.4 is 0 Å². The monoisotopic (exact) mass is 156 g/mol. The van der Waals surface area contributed by atoms with Gasteiger partial charge in [0.2, 0.25) is 0 Å². The third kappa shape index (κ3) is 0.687. The standard InChI is InChI=1S/C8H12O3/c9-7-4-1-5-6(7)3-11-8(5)10-2-4/h4-9H,1-3H2/t4?,5?,6?,7-,8-/m0/s1. The van der Waals surface area contributed by atoms with E-state index in [1.54, 1.807) is 0 Å². The van der Waals surface area contributed by atoms with Crippen molar-refractivity contribution in [2.75, 3.05) is 13.2 Å². The second-order valence-electron chi connectivity index (χ2n) is 3.85. The summed E-state index contributed by atoms with van der Waals surface area (Å²) in [6.07, 6.45) is 0.956. The molecular weight excluding hydrogens is 144 g/mol. The highest BCUT2D eigenvalue weighted by Crippen LogP contribution is 2.47. The van der Waals surface area contributed by atoms with E-state index in [1.807, 2.05) is 0 Å². The van der Waals surface area contributed by atoms with Crippen LogP contribution in [0.3, 0.4) is 0 Å². The van der Waals surface area contributed by atoms with E-state index in [0.717, 1.165) is 6.42 Å². The average Bonchev–Trinajstić information content (AvgIpc) is 2.51. The molecule has 0 amide bonds. The highest BCUT2D eigenvalue weighted by molar-refractivity contribution is 4.98. The Hall–Kier alpha value is -0.120. The number of ether oxygens (including phenoxy) is 2. The zero-order chi connectivity index (χ0) is 7.42. The van der Waals surface area contributed by atoms with E-state index in [-0.39, 0.29) is 12.4 Å². The number of rotatable bonds is 0. The fourth-order valence-electron chi connectivity index (χ4n) is 2.69. The van der Waals surface area contributed by atoms with Gasteiger partial charge in [-0.2, -0.15) is 0 Å². The van der Waals surface area contributed by atoms with Crippen LogP contribution in [0.1, 0.15) is 6.42 Å². The molecule has 2 bridgehead atoms. The first-order chi connectivity index (χ1) is 5.36. The first-order valence-electron chi connectivity index (χ1n) is 4.27. The Morgan fingerprint density at radius 3 is 2.82 bits per heavy atom. The summed E-state index contributed by atoms with van der Waals surface area (Å²) in [7, 11) is 0. The molecule has 0 radical (unpaired) electrons. The Labute approximate surface area is 65.3 Å². The predicted octanol–water partition coefficient (Wildman–Crippen LogP) is -0.0139. The fraction of sp³-hybridized carbons (Fsp3) is 1.00. The van der Waals surface area contributed by atoms with Crippen LogP contribution in [0, 0.1) is 17.8 Å². The Kier molecular flexibility index (Phi) is 1.15. The zero-order valence-electron chi connectivity index (χ0n) is 6.27. The minimum absolute atomic E-state index is 0.00778. The molecule has 3 unspecified atom stereocenters. The SMILES string of the molecule is O[C@H]1C2CO[C@H]3OCC1C3C2. The van der Waals surface area contributed by atoms with Gasteiger partial charge in [-0.05, 0) is 6.42 Å². The minimum Gasteiger partial charge on any atom is -0.392 e. The van der Waals surface area contributed by atoms with Gasteiger partial charge in [-0.3, -0.25) is 0 Å². The van der Waals surface area contributed by atoms with Crippen molar-refractivity contribution in [2.24, 2.45) is 17.8 Å². The van der Waals surface area contributed by atoms with Gasteiger partial charge in [0.25, 0.3) is 0 Å². The summed E-state index contributed by atoms with van der Waals surface area (Å²) in [5.41, 5.74) is 0. The number of hydrogen-bond acceptors (Lipinski definition) is 3. The topological polar surface area (TPSA) is 38.7 Å². The van der Waals surface area contributed by atoms with E-state index >= 15 is 0 Å². The fourth-order valence-corrected chi connectivity index (χ4v) is 2.69. The van der Waals surface area contributed by atoms with Crippen LogP contribution in [0.2, 0.25) is 0 Å². The minimum atomic E-state index is -0.160. The third-order valence-corrected chi connectivity index (χ3v) is 3.32. The zero-order valence-corrected chi connectivity index (χ0v) is 6.27. The first kappa shape index (κ1) is 6.40. The molecule has 1 aliphatic carbocycles. The van der Waals surface area contributed by atoms with Gasteiger partial charge in [0.1, 0.15) is 0 Å². The predicted molar refractivity (Wildman–Crippen MR) is 36.8 cm³/mol. The second kappa shape index (κ2) is 1.97. The van der Waals surface area contributed by atoms with E-state index in [9.17, 15) is 5.11 Å². The maximum Gasteiger partial charge on any atom is 0.160 e. The molecule has 5 atom stereocenters. The maximum atomic E-state index is 9.73. The van der Waals surface area contributed by atoms with Gasteiger partial charge in [-0.1, -0.05) is 0 Å². The van der Waals surface area contributed by atoms with Crippen LogP contribution in [0.25, 0.3) is 0 Å². The van der Waals surface area contributed by atoms with Crippen LogP contribution in [0.5, 0.6) is 0 Å². The lowest BCUT2D eigenvalue weighted by molar-refractivity contribution is -0.169. The molecule has 2 saturated heterocycles. The molecule has 62 valence electrons. The molecule has 0 spiro atoms. The summed E-state index contributed by atoms with van der Waals surface area (Å²) >= 11 is 0. The molecule has 3 aliphatic rings. The van der Waals surface area contributed by atoms with Crippen molar-refractivity contribution in [3.8, 4) is 0 Å². The summed E-state index contributed by atoms with van der Waals surface area (Å²) in [6, 6.07) is 0. The quantitative estimate of drug-likeness (QED) is 0.536. The third-order valence-electron chi connectivity index (χ3n) is 3.32. The molecule has 0 aromatic heterocycles. The second-order valence-corrected chi connectivity index (χ2v) is 3.85. The van der Waals surface area contributed by atoms with E-state index in [0.29, 0.717) is 31.0 Å². The average molecular weight is 156 g/mol. The van der Waals surface area contributed by atoms with Crippen molar-refractivity contribution in [3.63, 3.8) is 0 Å². The summed E-state index contributed by atoms with van der Waals surface area (Å²) in [4.78, 5) is 0. The molecule has 2 heterocycles. The highest BCUT2D eigenvalue weighted by atomic mass is 16.7. The highest BCUT2D eigenvalue weighted by Gasteiger charge is 2.54. The van der Waals surface area contributed by atoms with E-state index < -0.39 is 0 Å². The summed E-state index contributed by atoms with van der Waals surface area (Å²) in [5.74, 6) is 1.25. The maximum absolute atomic E-state index is 9.73. The van der Waals surface area contributed by atoms with Crippen molar-refractivity contribution in [1.29, 1.82) is 0 Å². The molecule has 0 aromatic rings. The van der Waals surface area contributed by atoms with Gasteiger partial charge >= 0.3 is 0 Å². The van der Waals surface area contributed by atoms with Crippen molar-refractivity contribution in [3.05, 3.63) is 0 Å². The molecule has 2 aliphatic heterocycles. The summed E-state index contributed by atoms with van der Waals surface area (Å²) in [5, 5.41) is 9.73. The molecule has 1 N–H and O–H groups in total. The van der Waals surface area contributed by atoms with Crippen LogP contribution in [-0.2, 0) is 9.47 Å². The molecule has 11 heavy (non-hydrogen) atoms. The first-order valence-corrected chi connectivity index (χ1v) is 4.27. The van der Waals surface area contributed by atoms with Gasteiger partial charge in [0.05, 0.1) is 19.3 Å². The number of aliphatic hydroxyl groups is 1. The Morgan fingerprint density at radius 1 is 1.09 bits per heavy atom. The lowest BCUT2D eigenvalue weighted by Gasteiger charge is -2.25. The molecule has 3 fully saturated rings. The van der Waals surface area contributed by atoms with Crippen LogP contribution in [0.4, 0.5) is 0 Å². The molecular formula is C8H12O3. The van der Waals surface area contributed by atoms with Gasteiger partial charge < -0.3 is 14.6 Å². The van der Waals surface area contributed by atoms with Crippen molar-refractivity contribution >= 4 is 0 Å². The number of fused-ring (bicyclic) bond motifs is 1. The lowest BCUT2D eigenvalue weighted by atomic mass is 9.98.